The molecule has 2 fully saturated rings. The molecule has 0 unspecified atom stereocenters. The Bertz CT molecular complexity index is 727. The minimum atomic E-state index is -0.0791. The highest BCUT2D eigenvalue weighted by Gasteiger charge is 2.45. The van der Waals surface area contributed by atoms with Crippen molar-refractivity contribution in [3.63, 3.8) is 0 Å². The molecule has 4 rings (SSSR count). The Kier molecular flexibility index (Phi) is 5.15. The molecular weight excluding hydrogens is 330 g/mol. The highest BCUT2D eigenvalue weighted by Crippen LogP contribution is 2.37. The third-order valence-electron chi connectivity index (χ3n) is 5.20. The van der Waals surface area contributed by atoms with Crippen molar-refractivity contribution in [2.45, 2.75) is 37.7 Å². The predicted molar refractivity (Wildman–Crippen MR) is 96.8 cm³/mol. The smallest absolute Gasteiger partial charge is 0.217 e. The molecule has 0 radical (unpaired) electrons. The molecule has 138 valence electrons. The summed E-state index contributed by atoms with van der Waals surface area (Å²) in [7, 11) is 1.67. The number of nitrogens with zero attached hydrogens (tertiary/aromatic N) is 3. The fourth-order valence-corrected chi connectivity index (χ4v) is 3.91. The molecule has 0 aromatic carbocycles. The van der Waals surface area contributed by atoms with Gasteiger partial charge in [0.15, 0.2) is 0 Å². The van der Waals surface area contributed by atoms with E-state index in [1.54, 1.807) is 19.5 Å². The lowest BCUT2D eigenvalue weighted by atomic mass is 9.98. The van der Waals surface area contributed by atoms with Gasteiger partial charge in [-0.3, -0.25) is 9.88 Å². The summed E-state index contributed by atoms with van der Waals surface area (Å²) in [5.41, 5.74) is 2.00. The molecule has 2 aromatic heterocycles. The molecule has 2 aliphatic heterocycles. The van der Waals surface area contributed by atoms with Crippen LogP contribution < -0.4 is 4.74 Å². The first-order valence-electron chi connectivity index (χ1n) is 9.12. The molecule has 2 aliphatic rings. The van der Waals surface area contributed by atoms with Crippen LogP contribution in [0.25, 0.3) is 0 Å². The van der Waals surface area contributed by atoms with E-state index in [2.05, 4.69) is 20.9 Å². The number of pyridine rings is 2. The van der Waals surface area contributed by atoms with Crippen LogP contribution in [0.5, 0.6) is 5.88 Å². The average Bonchev–Trinajstić information content (AvgIpc) is 3.27. The molecule has 26 heavy (non-hydrogen) atoms. The van der Waals surface area contributed by atoms with Gasteiger partial charge in [-0.1, -0.05) is 12.1 Å². The fourth-order valence-electron chi connectivity index (χ4n) is 3.91. The molecule has 0 bridgehead atoms. The number of ether oxygens (including phenoxy) is 3. The highest BCUT2D eigenvalue weighted by molar-refractivity contribution is 5.25. The number of methoxy groups -OCH3 is 1. The summed E-state index contributed by atoms with van der Waals surface area (Å²) in [6, 6.07) is 9.92. The Morgan fingerprint density at radius 1 is 1.23 bits per heavy atom. The van der Waals surface area contributed by atoms with Crippen molar-refractivity contribution in [3.8, 4) is 5.88 Å². The summed E-state index contributed by atoms with van der Waals surface area (Å²) in [5, 5.41) is 0. The Morgan fingerprint density at radius 3 is 3.00 bits per heavy atom. The van der Waals surface area contributed by atoms with Crippen molar-refractivity contribution in [1.82, 2.24) is 14.9 Å². The second kappa shape index (κ2) is 7.70. The minimum Gasteiger partial charge on any atom is -0.481 e. The van der Waals surface area contributed by atoms with Crippen molar-refractivity contribution in [2.75, 3.05) is 26.8 Å². The van der Waals surface area contributed by atoms with E-state index in [4.69, 9.17) is 14.2 Å². The molecule has 2 saturated heterocycles. The second-order valence-corrected chi connectivity index (χ2v) is 7.08. The van der Waals surface area contributed by atoms with E-state index in [-0.39, 0.29) is 11.7 Å². The summed E-state index contributed by atoms with van der Waals surface area (Å²) in [6.07, 6.45) is 5.69. The van der Waals surface area contributed by atoms with E-state index < -0.39 is 0 Å². The zero-order chi connectivity index (χ0) is 17.8. The van der Waals surface area contributed by atoms with Crippen LogP contribution in [-0.4, -0.2) is 53.4 Å². The van der Waals surface area contributed by atoms with Crippen molar-refractivity contribution in [2.24, 2.45) is 0 Å². The summed E-state index contributed by atoms with van der Waals surface area (Å²) in [6.45, 7) is 3.99. The van der Waals surface area contributed by atoms with Crippen LogP contribution in [0.2, 0.25) is 0 Å². The van der Waals surface area contributed by atoms with Crippen molar-refractivity contribution < 1.29 is 14.2 Å². The van der Waals surface area contributed by atoms with Gasteiger partial charge in [-0.15, -0.1) is 0 Å². The van der Waals surface area contributed by atoms with Gasteiger partial charge < -0.3 is 14.2 Å². The molecule has 4 heterocycles. The van der Waals surface area contributed by atoms with Gasteiger partial charge in [0, 0.05) is 44.0 Å². The monoisotopic (exact) mass is 355 g/mol. The number of rotatable bonds is 6. The fraction of sp³-hybridized carbons (Fsp3) is 0.500. The lowest BCUT2D eigenvalue weighted by Crippen LogP contribution is -2.33. The Hall–Kier alpha value is -2.02. The van der Waals surface area contributed by atoms with Crippen LogP contribution in [0, 0.1) is 0 Å². The van der Waals surface area contributed by atoms with Crippen molar-refractivity contribution >= 4 is 0 Å². The standard InChI is InChI=1S/C20H25N3O3/c1-24-19-16(5-4-9-22-19)12-23-10-7-20(15-23)11-18(14-26-20)25-13-17-6-2-3-8-21-17/h2-6,8-9,18H,7,10-15H2,1H3/t18-,20+/m1/s1. The van der Waals surface area contributed by atoms with Gasteiger partial charge in [-0.05, 0) is 24.6 Å². The highest BCUT2D eigenvalue weighted by atomic mass is 16.6. The molecular formula is C20H25N3O3. The number of aromatic nitrogens is 2. The molecule has 2 atom stereocenters. The quantitative estimate of drug-likeness (QED) is 0.793. The normalized spacial score (nSPS) is 25.8. The van der Waals surface area contributed by atoms with Gasteiger partial charge in [0.25, 0.3) is 0 Å². The van der Waals surface area contributed by atoms with Crippen LogP contribution in [-0.2, 0) is 22.6 Å². The molecule has 0 N–H and O–H groups in total. The maximum atomic E-state index is 6.19. The van der Waals surface area contributed by atoms with Gasteiger partial charge in [0.05, 0.1) is 37.7 Å². The molecule has 6 nitrogen and oxygen atoms in total. The van der Waals surface area contributed by atoms with E-state index in [9.17, 15) is 0 Å². The number of hydrogen-bond acceptors (Lipinski definition) is 6. The van der Waals surface area contributed by atoms with E-state index in [1.807, 2.05) is 24.3 Å². The van der Waals surface area contributed by atoms with E-state index in [0.29, 0.717) is 19.1 Å². The van der Waals surface area contributed by atoms with Crippen LogP contribution in [0.4, 0.5) is 0 Å². The Labute approximate surface area is 154 Å². The Morgan fingerprint density at radius 2 is 2.15 bits per heavy atom. The predicted octanol–water partition coefficient (Wildman–Crippen LogP) is 2.44. The molecule has 0 aliphatic carbocycles. The Balaban J connectivity index is 1.30. The molecule has 0 saturated carbocycles. The maximum Gasteiger partial charge on any atom is 0.217 e. The topological polar surface area (TPSA) is 56.7 Å². The molecule has 6 heteroatoms. The molecule has 1 spiro atoms. The third kappa shape index (κ3) is 3.87. The summed E-state index contributed by atoms with van der Waals surface area (Å²) >= 11 is 0. The van der Waals surface area contributed by atoms with E-state index in [0.717, 1.165) is 43.7 Å². The zero-order valence-corrected chi connectivity index (χ0v) is 15.1. The number of hydrogen-bond donors (Lipinski definition) is 0. The third-order valence-corrected chi connectivity index (χ3v) is 5.20. The molecule has 2 aromatic rings. The minimum absolute atomic E-state index is 0.0791. The lowest BCUT2D eigenvalue weighted by molar-refractivity contribution is -0.000829. The van der Waals surface area contributed by atoms with Crippen molar-refractivity contribution in [1.29, 1.82) is 0 Å². The SMILES string of the molecule is COc1ncccc1CN1CC[C@]2(C[C@@H](OCc3ccccn3)CO2)C1. The van der Waals surface area contributed by atoms with Gasteiger partial charge in [-0.25, -0.2) is 4.98 Å². The van der Waals surface area contributed by atoms with Gasteiger partial charge in [0.2, 0.25) is 5.88 Å². The summed E-state index contributed by atoms with van der Waals surface area (Å²) in [5.74, 6) is 0.706. The summed E-state index contributed by atoms with van der Waals surface area (Å²) in [4.78, 5) is 11.0. The first-order valence-corrected chi connectivity index (χ1v) is 9.12. The van der Waals surface area contributed by atoms with Crippen LogP contribution in [0.15, 0.2) is 42.7 Å². The lowest BCUT2D eigenvalue weighted by Gasteiger charge is -2.23. The van der Waals surface area contributed by atoms with E-state index >= 15 is 0 Å². The van der Waals surface area contributed by atoms with Crippen LogP contribution >= 0.6 is 0 Å². The largest absolute Gasteiger partial charge is 0.481 e. The second-order valence-electron chi connectivity index (χ2n) is 7.08. The first kappa shape index (κ1) is 17.4. The van der Waals surface area contributed by atoms with Gasteiger partial charge in [0.1, 0.15) is 0 Å². The van der Waals surface area contributed by atoms with Gasteiger partial charge in [-0.2, -0.15) is 0 Å². The maximum absolute atomic E-state index is 6.19. The van der Waals surface area contributed by atoms with Gasteiger partial charge >= 0.3 is 0 Å². The van der Waals surface area contributed by atoms with Crippen LogP contribution in [0.1, 0.15) is 24.1 Å². The van der Waals surface area contributed by atoms with Crippen LogP contribution in [0.3, 0.4) is 0 Å². The average molecular weight is 355 g/mol. The first-order chi connectivity index (χ1) is 12.8. The van der Waals surface area contributed by atoms with E-state index in [1.165, 1.54) is 0 Å². The summed E-state index contributed by atoms with van der Waals surface area (Å²) < 4.78 is 17.6. The zero-order valence-electron chi connectivity index (χ0n) is 15.1. The van der Waals surface area contributed by atoms with Crippen molar-refractivity contribution in [3.05, 3.63) is 54.0 Å². The molecule has 0 amide bonds. The number of likely N-dealkylation sites (tertiary alicyclic amines) is 1.